The van der Waals surface area contributed by atoms with E-state index in [1.165, 1.54) is 6.08 Å². The van der Waals surface area contributed by atoms with Crippen LogP contribution in [-0.2, 0) is 9.53 Å². The largest absolute Gasteiger partial charge is 0.444 e. The van der Waals surface area contributed by atoms with Gasteiger partial charge >= 0.3 is 6.09 Å². The fraction of sp³-hybridized carbons (Fsp3) is 0.200. The molecule has 0 unspecified atom stereocenters. The van der Waals surface area contributed by atoms with Crippen LogP contribution in [0, 0.1) is 0 Å². The molecule has 2 amide bonds. The van der Waals surface area contributed by atoms with Gasteiger partial charge in [0, 0.05) is 22.5 Å². The van der Waals surface area contributed by atoms with Crippen molar-refractivity contribution in [2.24, 2.45) is 0 Å². The van der Waals surface area contributed by atoms with Gasteiger partial charge in [-0.15, -0.1) is 0 Å². The van der Waals surface area contributed by atoms with Crippen LogP contribution in [0.3, 0.4) is 0 Å². The Labute approximate surface area is 158 Å². The van der Waals surface area contributed by atoms with Crippen LogP contribution in [0.15, 0.2) is 54.6 Å². The number of hydrogen-bond acceptors (Lipinski definition) is 3. The monoisotopic (exact) mass is 372 g/mol. The molecule has 136 valence electrons. The lowest BCUT2D eigenvalue weighted by Gasteiger charge is -2.19. The summed E-state index contributed by atoms with van der Waals surface area (Å²) in [7, 11) is 0. The Balaban J connectivity index is 1.97. The molecule has 6 heteroatoms. The third-order valence-electron chi connectivity index (χ3n) is 3.05. The summed E-state index contributed by atoms with van der Waals surface area (Å²) in [5, 5.41) is 5.97. The lowest BCUT2D eigenvalue weighted by atomic mass is 10.2. The second-order valence-electron chi connectivity index (χ2n) is 6.59. The molecule has 2 aromatic carbocycles. The highest BCUT2D eigenvalue weighted by Gasteiger charge is 2.16. The lowest BCUT2D eigenvalue weighted by Crippen LogP contribution is -2.27. The number of benzene rings is 2. The molecule has 0 fully saturated rings. The van der Waals surface area contributed by atoms with E-state index in [1.807, 2.05) is 12.1 Å². The van der Waals surface area contributed by atoms with Crippen molar-refractivity contribution in [1.82, 2.24) is 0 Å². The van der Waals surface area contributed by atoms with Crippen LogP contribution in [-0.4, -0.2) is 17.6 Å². The molecule has 0 aliphatic heterocycles. The minimum Gasteiger partial charge on any atom is -0.444 e. The van der Waals surface area contributed by atoms with Crippen LogP contribution >= 0.6 is 11.6 Å². The van der Waals surface area contributed by atoms with Gasteiger partial charge in [0.25, 0.3) is 0 Å². The zero-order chi connectivity index (χ0) is 19.2. The van der Waals surface area contributed by atoms with Crippen molar-refractivity contribution in [3.8, 4) is 0 Å². The molecule has 2 aromatic rings. The average Bonchev–Trinajstić information content (AvgIpc) is 2.51. The Hall–Kier alpha value is -2.79. The van der Waals surface area contributed by atoms with Crippen molar-refractivity contribution in [3.63, 3.8) is 0 Å². The second kappa shape index (κ2) is 8.54. The number of amides is 2. The van der Waals surface area contributed by atoms with E-state index >= 15 is 0 Å². The molecule has 0 atom stereocenters. The molecule has 5 nitrogen and oxygen atoms in total. The Morgan fingerprint density at radius 2 is 1.65 bits per heavy atom. The van der Waals surface area contributed by atoms with Crippen LogP contribution in [0.2, 0.25) is 5.02 Å². The van der Waals surface area contributed by atoms with Gasteiger partial charge in [0.1, 0.15) is 5.60 Å². The predicted octanol–water partition coefficient (Wildman–Crippen LogP) is 5.34. The predicted molar refractivity (Wildman–Crippen MR) is 105 cm³/mol. The molecule has 0 aromatic heterocycles. The molecule has 0 aliphatic carbocycles. The summed E-state index contributed by atoms with van der Waals surface area (Å²) in [5.74, 6) is -0.292. The zero-order valence-corrected chi connectivity index (χ0v) is 15.6. The number of halogens is 1. The lowest BCUT2D eigenvalue weighted by molar-refractivity contribution is -0.111. The van der Waals surface area contributed by atoms with E-state index < -0.39 is 11.7 Å². The van der Waals surface area contributed by atoms with Gasteiger partial charge in [-0.2, -0.15) is 0 Å². The van der Waals surface area contributed by atoms with E-state index in [1.54, 1.807) is 63.2 Å². The number of hydrogen-bond donors (Lipinski definition) is 2. The van der Waals surface area contributed by atoms with Crippen molar-refractivity contribution >= 4 is 41.1 Å². The minimum absolute atomic E-state index is 0.292. The summed E-state index contributed by atoms with van der Waals surface area (Å²) < 4.78 is 5.20. The summed E-state index contributed by atoms with van der Waals surface area (Å²) in [6.45, 7) is 5.36. The van der Waals surface area contributed by atoms with Gasteiger partial charge in [-0.1, -0.05) is 29.8 Å². The number of nitrogens with one attached hydrogen (secondary N) is 2. The fourth-order valence-electron chi connectivity index (χ4n) is 2.06. The summed E-state index contributed by atoms with van der Waals surface area (Å²) in [5.41, 5.74) is 1.32. The minimum atomic E-state index is -0.582. The highest BCUT2D eigenvalue weighted by Crippen LogP contribution is 2.17. The molecule has 2 rings (SSSR count). The van der Waals surface area contributed by atoms with Crippen molar-refractivity contribution in [1.29, 1.82) is 0 Å². The number of ether oxygens (including phenoxy) is 1. The summed E-state index contributed by atoms with van der Waals surface area (Å²) in [6, 6.07) is 14.0. The Bertz CT molecular complexity index is 826. The first-order valence-electron chi connectivity index (χ1n) is 8.06. The SMILES string of the molecule is CC(C)(C)OC(=O)Nc1cccc(NC(=O)/C=C/c2cccc(Cl)c2)c1. The molecule has 0 bridgehead atoms. The molecule has 0 saturated carbocycles. The third-order valence-corrected chi connectivity index (χ3v) is 3.29. The normalized spacial score (nSPS) is 11.2. The highest BCUT2D eigenvalue weighted by molar-refractivity contribution is 6.30. The van der Waals surface area contributed by atoms with Crippen LogP contribution in [0.1, 0.15) is 26.3 Å². The summed E-state index contributed by atoms with van der Waals surface area (Å²) >= 11 is 5.91. The first kappa shape index (κ1) is 19.5. The summed E-state index contributed by atoms with van der Waals surface area (Å²) in [4.78, 5) is 23.9. The second-order valence-corrected chi connectivity index (χ2v) is 7.02. The Morgan fingerprint density at radius 3 is 2.31 bits per heavy atom. The summed E-state index contributed by atoms with van der Waals surface area (Å²) in [6.07, 6.45) is 2.53. The van der Waals surface area contributed by atoms with Crippen molar-refractivity contribution in [2.75, 3.05) is 10.6 Å². The number of carbonyl (C=O) groups is 2. The van der Waals surface area contributed by atoms with Gasteiger partial charge < -0.3 is 10.1 Å². The van der Waals surface area contributed by atoms with E-state index in [0.29, 0.717) is 16.4 Å². The fourth-order valence-corrected chi connectivity index (χ4v) is 2.26. The molecule has 0 radical (unpaired) electrons. The number of carbonyl (C=O) groups excluding carboxylic acids is 2. The molecule has 0 spiro atoms. The number of anilines is 2. The molecule has 0 aliphatic rings. The van der Waals surface area contributed by atoms with Crippen LogP contribution in [0.4, 0.5) is 16.2 Å². The van der Waals surface area contributed by atoms with Crippen molar-refractivity contribution in [2.45, 2.75) is 26.4 Å². The Morgan fingerprint density at radius 1 is 1.00 bits per heavy atom. The van der Waals surface area contributed by atoms with Crippen LogP contribution in [0.25, 0.3) is 6.08 Å². The maximum atomic E-state index is 12.0. The van der Waals surface area contributed by atoms with E-state index in [-0.39, 0.29) is 5.91 Å². The van der Waals surface area contributed by atoms with Gasteiger partial charge in [-0.3, -0.25) is 10.1 Å². The highest BCUT2D eigenvalue weighted by atomic mass is 35.5. The molecular weight excluding hydrogens is 352 g/mol. The van der Waals surface area contributed by atoms with Crippen molar-refractivity contribution in [3.05, 3.63) is 65.2 Å². The van der Waals surface area contributed by atoms with Gasteiger partial charge in [-0.25, -0.2) is 4.79 Å². The zero-order valence-electron chi connectivity index (χ0n) is 14.9. The first-order chi connectivity index (χ1) is 12.2. The van der Waals surface area contributed by atoms with Gasteiger partial charge in [0.15, 0.2) is 0 Å². The molecule has 26 heavy (non-hydrogen) atoms. The maximum absolute atomic E-state index is 12.0. The van der Waals surface area contributed by atoms with Crippen molar-refractivity contribution < 1.29 is 14.3 Å². The van der Waals surface area contributed by atoms with Gasteiger partial charge in [0.2, 0.25) is 5.91 Å². The van der Waals surface area contributed by atoms with Crippen LogP contribution < -0.4 is 10.6 Å². The van der Waals surface area contributed by atoms with Gasteiger partial charge in [0.05, 0.1) is 0 Å². The average molecular weight is 373 g/mol. The standard InChI is InChI=1S/C20H21ClN2O3/c1-20(2,3)26-19(25)23-17-9-5-8-16(13-17)22-18(24)11-10-14-6-4-7-15(21)12-14/h4-13H,1-3H3,(H,22,24)(H,23,25)/b11-10+. The quantitative estimate of drug-likeness (QED) is 0.712. The van der Waals surface area contributed by atoms with E-state index in [4.69, 9.17) is 16.3 Å². The first-order valence-corrected chi connectivity index (χ1v) is 8.44. The Kier molecular flexibility index (Phi) is 6.41. The van der Waals surface area contributed by atoms with E-state index in [9.17, 15) is 9.59 Å². The molecule has 0 heterocycles. The van der Waals surface area contributed by atoms with Gasteiger partial charge in [-0.05, 0) is 62.7 Å². The molecule has 2 N–H and O–H groups in total. The topological polar surface area (TPSA) is 67.4 Å². The maximum Gasteiger partial charge on any atom is 0.412 e. The van der Waals surface area contributed by atoms with Crippen LogP contribution in [0.5, 0.6) is 0 Å². The smallest absolute Gasteiger partial charge is 0.412 e. The molecule has 0 saturated heterocycles. The third kappa shape index (κ3) is 6.99. The molecular formula is C20H21ClN2O3. The van der Waals surface area contributed by atoms with E-state index in [0.717, 1.165) is 5.56 Å². The number of rotatable bonds is 4. The van der Waals surface area contributed by atoms with E-state index in [2.05, 4.69) is 10.6 Å².